The molecule has 0 aliphatic carbocycles. The molecule has 0 aromatic heterocycles. The van der Waals surface area contributed by atoms with Gasteiger partial charge >= 0.3 is 0 Å². The third kappa shape index (κ3) is 4.56. The van der Waals surface area contributed by atoms with Crippen molar-refractivity contribution in [3.05, 3.63) is 59.2 Å². The number of benzene rings is 2. The highest BCUT2D eigenvalue weighted by Crippen LogP contribution is 2.21. The van der Waals surface area contributed by atoms with E-state index in [4.69, 9.17) is 0 Å². The number of nitrogens with one attached hydrogen (secondary N) is 1. The van der Waals surface area contributed by atoms with Crippen LogP contribution in [0.2, 0.25) is 0 Å². The molecule has 5 heteroatoms. The maximum absolute atomic E-state index is 13.0. The molecule has 0 aliphatic heterocycles. The summed E-state index contributed by atoms with van der Waals surface area (Å²) in [7, 11) is 0. The molecular formula is C16H15F2NOS. The molecule has 1 amide bonds. The largest absolute Gasteiger partial charge is 0.325 e. The second-order valence-corrected chi connectivity index (χ2v) is 5.79. The third-order valence-corrected chi connectivity index (χ3v) is 3.99. The van der Waals surface area contributed by atoms with E-state index in [9.17, 15) is 13.6 Å². The van der Waals surface area contributed by atoms with Gasteiger partial charge in [0, 0.05) is 16.6 Å². The van der Waals surface area contributed by atoms with Crippen molar-refractivity contribution in [1.82, 2.24) is 0 Å². The standard InChI is InChI=1S/C16H15F2NOS/c1-10-3-4-15(5-11(10)2)21-9-16(20)19-14-7-12(17)6-13(18)8-14/h3-8H,9H2,1-2H3,(H,19,20). The average molecular weight is 307 g/mol. The maximum atomic E-state index is 13.0. The van der Waals surface area contributed by atoms with Crippen LogP contribution in [0.5, 0.6) is 0 Å². The minimum absolute atomic E-state index is 0.123. The lowest BCUT2D eigenvalue weighted by Gasteiger charge is -2.07. The Bertz CT molecular complexity index is 653. The van der Waals surface area contributed by atoms with Gasteiger partial charge in [-0.05, 0) is 49.2 Å². The fourth-order valence-corrected chi connectivity index (χ4v) is 2.57. The zero-order chi connectivity index (χ0) is 15.4. The van der Waals surface area contributed by atoms with E-state index in [2.05, 4.69) is 5.32 Å². The van der Waals surface area contributed by atoms with Gasteiger partial charge in [-0.1, -0.05) is 6.07 Å². The molecule has 0 saturated carbocycles. The Balaban J connectivity index is 1.94. The van der Waals surface area contributed by atoms with Crippen molar-refractivity contribution in [2.45, 2.75) is 18.7 Å². The Labute approximate surface area is 126 Å². The first kappa shape index (κ1) is 15.5. The number of hydrogen-bond acceptors (Lipinski definition) is 2. The van der Waals surface area contributed by atoms with Crippen LogP contribution in [0.15, 0.2) is 41.3 Å². The van der Waals surface area contributed by atoms with Crippen LogP contribution in [0, 0.1) is 25.5 Å². The van der Waals surface area contributed by atoms with E-state index < -0.39 is 11.6 Å². The summed E-state index contributed by atoms with van der Waals surface area (Å²) in [6.45, 7) is 4.03. The molecule has 0 aliphatic rings. The molecule has 2 aromatic carbocycles. The van der Waals surface area contributed by atoms with Crippen LogP contribution in [0.25, 0.3) is 0 Å². The van der Waals surface area contributed by atoms with Crippen molar-refractivity contribution < 1.29 is 13.6 Å². The van der Waals surface area contributed by atoms with Gasteiger partial charge in [0.2, 0.25) is 5.91 Å². The summed E-state index contributed by atoms with van der Waals surface area (Å²) >= 11 is 1.38. The van der Waals surface area contributed by atoms with Gasteiger partial charge in [0.15, 0.2) is 0 Å². The van der Waals surface area contributed by atoms with Crippen molar-refractivity contribution in [2.75, 3.05) is 11.1 Å². The minimum Gasteiger partial charge on any atom is -0.325 e. The first-order valence-corrected chi connectivity index (χ1v) is 7.38. The number of halogens is 2. The fraction of sp³-hybridized carbons (Fsp3) is 0.188. The van der Waals surface area contributed by atoms with Crippen LogP contribution in [0.1, 0.15) is 11.1 Å². The molecule has 0 radical (unpaired) electrons. The number of rotatable bonds is 4. The molecule has 0 spiro atoms. The van der Waals surface area contributed by atoms with Crippen molar-refractivity contribution in [3.63, 3.8) is 0 Å². The summed E-state index contributed by atoms with van der Waals surface area (Å²) in [6.07, 6.45) is 0. The number of amides is 1. The molecule has 0 heterocycles. The molecule has 2 rings (SSSR count). The Hall–Kier alpha value is -1.88. The van der Waals surface area contributed by atoms with Gasteiger partial charge in [-0.2, -0.15) is 0 Å². The second-order valence-electron chi connectivity index (χ2n) is 4.74. The Morgan fingerprint density at radius 1 is 1.05 bits per heavy atom. The smallest absolute Gasteiger partial charge is 0.234 e. The number of carbonyl (C=O) groups is 1. The topological polar surface area (TPSA) is 29.1 Å². The fourth-order valence-electron chi connectivity index (χ4n) is 1.78. The SMILES string of the molecule is Cc1ccc(SCC(=O)Nc2cc(F)cc(F)c2)cc1C. The monoisotopic (exact) mass is 307 g/mol. The van der Waals surface area contributed by atoms with Crippen LogP contribution >= 0.6 is 11.8 Å². The first-order chi connectivity index (χ1) is 9.94. The lowest BCUT2D eigenvalue weighted by molar-refractivity contribution is -0.113. The molecular weight excluding hydrogens is 292 g/mol. The molecule has 2 nitrogen and oxygen atoms in total. The molecule has 21 heavy (non-hydrogen) atoms. The average Bonchev–Trinajstić information content (AvgIpc) is 2.39. The molecule has 1 N–H and O–H groups in total. The van der Waals surface area contributed by atoms with Crippen LogP contribution in [-0.4, -0.2) is 11.7 Å². The van der Waals surface area contributed by atoms with Gasteiger partial charge in [0.25, 0.3) is 0 Å². The highest BCUT2D eigenvalue weighted by molar-refractivity contribution is 8.00. The van der Waals surface area contributed by atoms with Crippen molar-refractivity contribution in [1.29, 1.82) is 0 Å². The predicted octanol–water partition coefficient (Wildman–Crippen LogP) is 4.31. The van der Waals surface area contributed by atoms with E-state index in [1.807, 2.05) is 32.0 Å². The van der Waals surface area contributed by atoms with Gasteiger partial charge in [-0.15, -0.1) is 11.8 Å². The molecule has 110 valence electrons. The second kappa shape index (κ2) is 6.72. The zero-order valence-electron chi connectivity index (χ0n) is 11.7. The molecule has 0 fully saturated rings. The van der Waals surface area contributed by atoms with Gasteiger partial charge in [-0.3, -0.25) is 4.79 Å². The lowest BCUT2D eigenvalue weighted by atomic mass is 10.1. The summed E-state index contributed by atoms with van der Waals surface area (Å²) in [4.78, 5) is 12.8. The normalized spacial score (nSPS) is 10.5. The Morgan fingerprint density at radius 3 is 2.33 bits per heavy atom. The van der Waals surface area contributed by atoms with Crippen molar-refractivity contribution in [3.8, 4) is 0 Å². The molecule has 0 atom stereocenters. The van der Waals surface area contributed by atoms with Gasteiger partial charge in [0.05, 0.1) is 5.75 Å². The summed E-state index contributed by atoms with van der Waals surface area (Å²) in [5.41, 5.74) is 2.48. The lowest BCUT2D eigenvalue weighted by Crippen LogP contribution is -2.14. The Morgan fingerprint density at radius 2 is 1.71 bits per heavy atom. The van der Waals surface area contributed by atoms with Crippen LogP contribution < -0.4 is 5.32 Å². The summed E-state index contributed by atoms with van der Waals surface area (Å²) in [5, 5.41) is 2.48. The van der Waals surface area contributed by atoms with E-state index >= 15 is 0 Å². The van der Waals surface area contributed by atoms with E-state index in [1.54, 1.807) is 0 Å². The van der Waals surface area contributed by atoms with Crippen molar-refractivity contribution >= 4 is 23.4 Å². The van der Waals surface area contributed by atoms with E-state index in [0.29, 0.717) is 0 Å². The van der Waals surface area contributed by atoms with Crippen LogP contribution in [0.3, 0.4) is 0 Å². The molecule has 0 unspecified atom stereocenters. The molecule has 0 saturated heterocycles. The predicted molar refractivity (Wildman–Crippen MR) is 81.6 cm³/mol. The van der Waals surface area contributed by atoms with E-state index in [1.165, 1.54) is 17.3 Å². The molecule has 0 bridgehead atoms. The quantitative estimate of drug-likeness (QED) is 0.853. The van der Waals surface area contributed by atoms with E-state index in [-0.39, 0.29) is 17.3 Å². The highest BCUT2D eigenvalue weighted by atomic mass is 32.2. The Kier molecular flexibility index (Phi) is 4.96. The first-order valence-electron chi connectivity index (χ1n) is 6.40. The van der Waals surface area contributed by atoms with Gasteiger partial charge in [0.1, 0.15) is 11.6 Å². The number of thioether (sulfide) groups is 1. The van der Waals surface area contributed by atoms with E-state index in [0.717, 1.165) is 28.7 Å². The van der Waals surface area contributed by atoms with Gasteiger partial charge in [-0.25, -0.2) is 8.78 Å². The minimum atomic E-state index is -0.716. The third-order valence-electron chi connectivity index (χ3n) is 2.99. The maximum Gasteiger partial charge on any atom is 0.234 e. The van der Waals surface area contributed by atoms with Crippen LogP contribution in [0.4, 0.5) is 14.5 Å². The summed E-state index contributed by atoms with van der Waals surface area (Å²) in [5.74, 6) is -1.55. The summed E-state index contributed by atoms with van der Waals surface area (Å²) in [6, 6.07) is 8.89. The number of hydrogen-bond donors (Lipinski definition) is 1. The number of anilines is 1. The molecule has 2 aromatic rings. The van der Waals surface area contributed by atoms with Crippen molar-refractivity contribution in [2.24, 2.45) is 0 Å². The van der Waals surface area contributed by atoms with Crippen LogP contribution in [-0.2, 0) is 4.79 Å². The van der Waals surface area contributed by atoms with Gasteiger partial charge < -0.3 is 5.32 Å². The number of carbonyl (C=O) groups excluding carboxylic acids is 1. The summed E-state index contributed by atoms with van der Waals surface area (Å²) < 4.78 is 26.0. The zero-order valence-corrected chi connectivity index (χ0v) is 12.6. The number of aryl methyl sites for hydroxylation is 2. The highest BCUT2D eigenvalue weighted by Gasteiger charge is 2.07.